The molecule has 0 aliphatic heterocycles. The molecule has 3 aromatic carbocycles. The molecule has 7 nitrogen and oxygen atoms in total. The van der Waals surface area contributed by atoms with Crippen LogP contribution in [-0.2, 0) is 4.79 Å². The number of nitrogens with one attached hydrogen (secondary N) is 1. The highest BCUT2D eigenvalue weighted by molar-refractivity contribution is 6.32. The topological polar surface area (TPSA) is 87.0 Å². The van der Waals surface area contributed by atoms with Crippen LogP contribution < -0.4 is 19.5 Å². The van der Waals surface area contributed by atoms with Crippen molar-refractivity contribution in [1.82, 2.24) is 0 Å². The molecule has 0 unspecified atom stereocenters. The molecule has 0 radical (unpaired) electrons. The van der Waals surface area contributed by atoms with E-state index in [0.717, 1.165) is 0 Å². The van der Waals surface area contributed by atoms with Crippen molar-refractivity contribution < 1.29 is 28.2 Å². The van der Waals surface area contributed by atoms with Crippen LogP contribution in [0.1, 0.15) is 16.1 Å². The molecular formula is C25H20ClNO6. The van der Waals surface area contributed by atoms with Crippen LogP contribution in [0.3, 0.4) is 0 Å². The zero-order chi connectivity index (χ0) is 23.4. The van der Waals surface area contributed by atoms with E-state index >= 15 is 0 Å². The van der Waals surface area contributed by atoms with Crippen LogP contribution in [-0.4, -0.2) is 32.5 Å². The van der Waals surface area contributed by atoms with Gasteiger partial charge in [-0.25, -0.2) is 0 Å². The lowest BCUT2D eigenvalue weighted by Crippen LogP contribution is -2.21. The zero-order valence-electron chi connectivity index (χ0n) is 17.9. The maximum absolute atomic E-state index is 13.2. The zero-order valence-corrected chi connectivity index (χ0v) is 18.6. The number of anilines is 1. The third-order valence-electron chi connectivity index (χ3n) is 4.91. The summed E-state index contributed by atoms with van der Waals surface area (Å²) in [6.45, 7) is -0.290. The van der Waals surface area contributed by atoms with Crippen LogP contribution in [0.4, 0.5) is 5.69 Å². The summed E-state index contributed by atoms with van der Waals surface area (Å²) < 4.78 is 21.8. The summed E-state index contributed by atoms with van der Waals surface area (Å²) in [5, 5.41) is 3.63. The number of rotatable bonds is 8. The molecule has 0 aliphatic rings. The Morgan fingerprint density at radius 2 is 1.61 bits per heavy atom. The maximum Gasteiger partial charge on any atom is 0.262 e. The second-order valence-corrected chi connectivity index (χ2v) is 7.38. The number of carbonyl (C=O) groups is 2. The number of ether oxygens (including phenoxy) is 3. The van der Waals surface area contributed by atoms with Gasteiger partial charge in [0, 0.05) is 10.9 Å². The first-order chi connectivity index (χ1) is 16.0. The highest BCUT2D eigenvalue weighted by atomic mass is 35.5. The minimum atomic E-state index is -0.464. The van der Waals surface area contributed by atoms with Crippen molar-refractivity contribution >= 4 is 39.9 Å². The van der Waals surface area contributed by atoms with Gasteiger partial charge >= 0.3 is 0 Å². The first kappa shape index (κ1) is 22.2. The second kappa shape index (κ2) is 9.67. The van der Waals surface area contributed by atoms with E-state index in [0.29, 0.717) is 33.8 Å². The lowest BCUT2D eigenvalue weighted by Gasteiger charge is -2.11. The third-order valence-corrected chi connectivity index (χ3v) is 5.20. The van der Waals surface area contributed by atoms with Gasteiger partial charge in [-0.15, -0.1) is 0 Å². The van der Waals surface area contributed by atoms with E-state index in [4.69, 9.17) is 30.2 Å². The summed E-state index contributed by atoms with van der Waals surface area (Å²) in [6, 6.07) is 18.7. The molecule has 0 fully saturated rings. The van der Waals surface area contributed by atoms with Crippen LogP contribution in [0.15, 0.2) is 71.1 Å². The molecule has 8 heteroatoms. The van der Waals surface area contributed by atoms with Crippen LogP contribution in [0.25, 0.3) is 11.0 Å². The lowest BCUT2D eigenvalue weighted by atomic mass is 10.1. The average molecular weight is 466 g/mol. The molecule has 1 heterocycles. The number of benzene rings is 3. The van der Waals surface area contributed by atoms with Gasteiger partial charge in [-0.05, 0) is 42.5 Å². The van der Waals surface area contributed by atoms with E-state index in [9.17, 15) is 9.59 Å². The summed E-state index contributed by atoms with van der Waals surface area (Å²) in [4.78, 5) is 25.9. The number of hydrogen-bond acceptors (Lipinski definition) is 6. The number of halogens is 1. The van der Waals surface area contributed by atoms with E-state index in [1.807, 2.05) is 0 Å². The van der Waals surface area contributed by atoms with Gasteiger partial charge in [-0.1, -0.05) is 35.9 Å². The maximum atomic E-state index is 13.2. The van der Waals surface area contributed by atoms with Gasteiger partial charge in [0.05, 0.1) is 24.9 Å². The van der Waals surface area contributed by atoms with Gasteiger partial charge in [0.15, 0.2) is 23.9 Å². The molecule has 0 bridgehead atoms. The molecule has 0 atom stereocenters. The Kier molecular flexibility index (Phi) is 6.51. The first-order valence-corrected chi connectivity index (χ1v) is 10.3. The number of ketones is 1. The van der Waals surface area contributed by atoms with Gasteiger partial charge in [0.2, 0.25) is 5.78 Å². The van der Waals surface area contributed by atoms with Gasteiger partial charge in [-0.3, -0.25) is 9.59 Å². The molecule has 168 valence electrons. The number of methoxy groups -OCH3 is 2. The quantitative estimate of drug-likeness (QED) is 0.353. The fourth-order valence-electron chi connectivity index (χ4n) is 3.33. The van der Waals surface area contributed by atoms with Crippen LogP contribution in [0.2, 0.25) is 5.02 Å². The molecule has 1 amide bonds. The normalized spacial score (nSPS) is 10.6. The monoisotopic (exact) mass is 465 g/mol. The van der Waals surface area contributed by atoms with Crippen molar-refractivity contribution in [3.63, 3.8) is 0 Å². The smallest absolute Gasteiger partial charge is 0.262 e. The fraction of sp³-hybridized carbons (Fsp3) is 0.120. The number of fused-ring (bicyclic) bond motifs is 1. The van der Waals surface area contributed by atoms with E-state index in [2.05, 4.69) is 5.32 Å². The van der Waals surface area contributed by atoms with Crippen molar-refractivity contribution in [1.29, 1.82) is 0 Å². The molecule has 1 N–H and O–H groups in total. The summed E-state index contributed by atoms with van der Waals surface area (Å²) in [5.41, 5.74) is 1.01. The molecule has 4 aromatic rings. The molecular weight excluding hydrogens is 446 g/mol. The van der Waals surface area contributed by atoms with Gasteiger partial charge in [0.1, 0.15) is 11.3 Å². The van der Waals surface area contributed by atoms with Crippen molar-refractivity contribution in [2.24, 2.45) is 0 Å². The van der Waals surface area contributed by atoms with Gasteiger partial charge in [-0.2, -0.15) is 0 Å². The highest BCUT2D eigenvalue weighted by Crippen LogP contribution is 2.34. The summed E-state index contributed by atoms with van der Waals surface area (Å²) in [5.74, 6) is 0.469. The largest absolute Gasteiger partial charge is 0.495 e. The Hall–Kier alpha value is -3.97. The molecule has 1 aromatic heterocycles. The molecule has 0 saturated carbocycles. The second-order valence-electron chi connectivity index (χ2n) is 6.97. The molecule has 33 heavy (non-hydrogen) atoms. The standard InChI is InChI=1S/C25H20ClNO6/c1-30-19-12-11-15(13-17(19)26)24(29)25-23(16-7-3-4-8-18(16)33-25)27-22(28)14-32-21-10-6-5-9-20(21)31-2/h3-13H,14H2,1-2H3,(H,27,28). The predicted octanol–water partition coefficient (Wildman–Crippen LogP) is 5.35. The molecule has 4 rings (SSSR count). The molecule has 0 aliphatic carbocycles. The van der Waals surface area contributed by atoms with E-state index < -0.39 is 11.7 Å². The van der Waals surface area contributed by atoms with Crippen LogP contribution >= 0.6 is 11.6 Å². The minimum Gasteiger partial charge on any atom is -0.495 e. The summed E-state index contributed by atoms with van der Waals surface area (Å²) in [7, 11) is 3.01. The summed E-state index contributed by atoms with van der Waals surface area (Å²) >= 11 is 6.18. The Balaban J connectivity index is 1.62. The Labute approximate surface area is 194 Å². The Bertz CT molecular complexity index is 1330. The van der Waals surface area contributed by atoms with E-state index in [-0.39, 0.29) is 23.1 Å². The lowest BCUT2D eigenvalue weighted by molar-refractivity contribution is -0.118. The highest BCUT2D eigenvalue weighted by Gasteiger charge is 2.24. The summed E-state index contributed by atoms with van der Waals surface area (Å²) in [6.07, 6.45) is 0. The number of carbonyl (C=O) groups excluding carboxylic acids is 2. The van der Waals surface area contributed by atoms with Crippen molar-refractivity contribution in [3.05, 3.63) is 83.1 Å². The van der Waals surface area contributed by atoms with Crippen molar-refractivity contribution in [2.75, 3.05) is 26.1 Å². The minimum absolute atomic E-state index is 0.0110. The van der Waals surface area contributed by atoms with Crippen molar-refractivity contribution in [2.45, 2.75) is 0 Å². The van der Waals surface area contributed by atoms with Gasteiger partial charge < -0.3 is 23.9 Å². The van der Waals surface area contributed by atoms with Crippen LogP contribution in [0, 0.1) is 0 Å². The first-order valence-electron chi connectivity index (χ1n) is 9.97. The molecule has 0 saturated heterocycles. The number of amides is 1. The number of para-hydroxylation sites is 3. The predicted molar refractivity (Wildman–Crippen MR) is 125 cm³/mol. The van der Waals surface area contributed by atoms with E-state index in [1.165, 1.54) is 20.3 Å². The Morgan fingerprint density at radius 3 is 2.33 bits per heavy atom. The van der Waals surface area contributed by atoms with E-state index in [1.54, 1.807) is 60.7 Å². The van der Waals surface area contributed by atoms with Gasteiger partial charge in [0.25, 0.3) is 5.91 Å². The van der Waals surface area contributed by atoms with Crippen molar-refractivity contribution in [3.8, 4) is 17.2 Å². The third kappa shape index (κ3) is 4.63. The number of furan rings is 1. The Morgan fingerprint density at radius 1 is 0.909 bits per heavy atom. The number of hydrogen-bond donors (Lipinski definition) is 1. The average Bonchev–Trinajstić information content (AvgIpc) is 3.20. The SMILES string of the molecule is COc1ccc(C(=O)c2oc3ccccc3c2NC(=O)COc2ccccc2OC)cc1Cl. The van der Waals surface area contributed by atoms with Crippen LogP contribution in [0.5, 0.6) is 17.2 Å². The fourth-order valence-corrected chi connectivity index (χ4v) is 3.58. The molecule has 0 spiro atoms.